The van der Waals surface area contributed by atoms with E-state index in [0.29, 0.717) is 176 Å². The number of carbonyl (C=O) groups excluding carboxylic acids is 2. The number of nitrogens with one attached hydrogen (secondary N) is 3. The number of hydrogen-bond donors (Lipinski definition) is 4. The van der Waals surface area contributed by atoms with Gasteiger partial charge in [0.2, 0.25) is 0 Å². The number of methoxy groups -OCH3 is 2. The van der Waals surface area contributed by atoms with Crippen molar-refractivity contribution >= 4 is 52.0 Å². The summed E-state index contributed by atoms with van der Waals surface area (Å²) in [5.74, 6) is 6.12. The van der Waals surface area contributed by atoms with Crippen molar-refractivity contribution in [2.45, 2.75) is 87.4 Å². The average molecular weight is 1570 g/mol. The molecule has 29 heteroatoms. The fourth-order valence-corrected chi connectivity index (χ4v) is 14.7. The van der Waals surface area contributed by atoms with Gasteiger partial charge in [-0.1, -0.05) is 0 Å². The van der Waals surface area contributed by atoms with Crippen LogP contribution in [0.4, 0.5) is 40.2 Å². The van der Waals surface area contributed by atoms with Gasteiger partial charge in [0.05, 0.1) is 101 Å². The summed E-state index contributed by atoms with van der Waals surface area (Å²) in [5, 5.41) is 49.3. The molecule has 598 valence electrons. The normalized spacial score (nSPS) is 17.9. The topological polar surface area (TPSA) is 338 Å². The largest absolute Gasteiger partial charge is 0.497 e. The molecule has 0 unspecified atom stereocenters. The first kappa shape index (κ1) is 79.1. The number of ether oxygens (including phenoxy) is 9. The Morgan fingerprint density at radius 2 is 0.862 bits per heavy atom. The molecule has 0 atom stereocenters. The zero-order valence-corrected chi connectivity index (χ0v) is 65.0. The van der Waals surface area contributed by atoms with E-state index in [9.17, 15) is 30.5 Å². The van der Waals surface area contributed by atoms with Crippen LogP contribution in [-0.4, -0.2) is 235 Å². The second kappa shape index (κ2) is 37.4. The molecule has 29 nitrogen and oxygen atoms in total. The molecule has 1 saturated carbocycles. The second-order valence-electron chi connectivity index (χ2n) is 29.6. The summed E-state index contributed by atoms with van der Waals surface area (Å²) in [5.41, 5.74) is 6.64. The molecule has 10 heterocycles. The number of carbonyl (C=O) groups is 2. The minimum Gasteiger partial charge on any atom is -0.497 e. The molecular formula is C87H93N17O12. The van der Waals surface area contributed by atoms with E-state index < -0.39 is 5.60 Å². The molecule has 1 aliphatic carbocycles. The number of amides is 2. The van der Waals surface area contributed by atoms with Gasteiger partial charge >= 0.3 is 0 Å². The van der Waals surface area contributed by atoms with Gasteiger partial charge in [-0.3, -0.25) is 19.4 Å². The van der Waals surface area contributed by atoms with Crippen LogP contribution in [0, 0.1) is 34.0 Å². The first-order valence-electron chi connectivity index (χ1n) is 39.5. The van der Waals surface area contributed by atoms with E-state index >= 15 is 0 Å². The lowest BCUT2D eigenvalue weighted by Crippen LogP contribution is -2.57. The third kappa shape index (κ3) is 19.8. The van der Waals surface area contributed by atoms with Gasteiger partial charge in [0.25, 0.3) is 11.8 Å². The molecule has 17 rings (SSSR count). The Morgan fingerprint density at radius 3 is 1.27 bits per heavy atom. The number of aromatic nitrogens is 6. The van der Waals surface area contributed by atoms with E-state index in [-0.39, 0.29) is 30.1 Å². The van der Waals surface area contributed by atoms with Crippen LogP contribution in [0.2, 0.25) is 0 Å². The fourth-order valence-electron chi connectivity index (χ4n) is 14.7. The van der Waals surface area contributed by atoms with E-state index in [0.717, 1.165) is 125 Å². The molecule has 4 N–H and O–H groups in total. The molecule has 0 bridgehead atoms. The van der Waals surface area contributed by atoms with Crippen LogP contribution >= 0.6 is 0 Å². The smallest absolute Gasteiger partial charge is 0.257 e. The Hall–Kier alpha value is -12.1. The molecule has 9 aromatic rings. The van der Waals surface area contributed by atoms with Crippen LogP contribution in [-0.2, 0) is 23.7 Å². The molecule has 0 spiro atoms. The maximum atomic E-state index is 13.3. The van der Waals surface area contributed by atoms with Crippen LogP contribution < -0.4 is 44.5 Å². The minimum absolute atomic E-state index is 0.0372. The number of benzene rings is 6. The van der Waals surface area contributed by atoms with Gasteiger partial charge < -0.3 is 78.4 Å². The van der Waals surface area contributed by atoms with Gasteiger partial charge in [0.15, 0.2) is 17.5 Å². The molecule has 7 aliphatic heterocycles. The van der Waals surface area contributed by atoms with E-state index in [1.165, 1.54) is 5.69 Å². The van der Waals surface area contributed by atoms with Crippen molar-refractivity contribution in [3.05, 3.63) is 180 Å². The molecule has 3 aromatic heterocycles. The van der Waals surface area contributed by atoms with Crippen molar-refractivity contribution in [3.63, 3.8) is 0 Å². The zero-order valence-electron chi connectivity index (χ0n) is 65.0. The zero-order chi connectivity index (χ0) is 79.7. The summed E-state index contributed by atoms with van der Waals surface area (Å²) in [7, 11) is 3.20. The quantitative estimate of drug-likeness (QED) is 0.0490. The van der Waals surface area contributed by atoms with Gasteiger partial charge in [-0.15, -0.1) is 0 Å². The Kier molecular flexibility index (Phi) is 25.5. The highest BCUT2D eigenvalue weighted by Crippen LogP contribution is 2.39. The first-order valence-corrected chi connectivity index (χ1v) is 39.5. The maximum Gasteiger partial charge on any atom is 0.257 e. The highest BCUT2D eigenvalue weighted by molar-refractivity contribution is 5.97. The van der Waals surface area contributed by atoms with Crippen molar-refractivity contribution < 1.29 is 57.3 Å². The average Bonchev–Trinajstić information content (AvgIpc) is 1.25. The van der Waals surface area contributed by atoms with E-state index in [2.05, 4.69) is 98.0 Å². The molecular weight excluding hydrogens is 1480 g/mol. The molecule has 7 saturated heterocycles. The first-order chi connectivity index (χ1) is 56.8. The number of anilines is 7. The standard InChI is InChI=1S/C33H37N7O4.C31H34N6O5.C23H22N4O3/c34-20-24-19-23(1-6-29(24)44-28-8-13-40(14-9-28)32(41)33(42)10-11-33)31-35-12-7-30(37-31)36-25-2-4-26(5-3-25)38-15-17-39(18-16-38)27-21-43-22-27;1-39-28-17-23(3-4-26(28)31(38)37-12-10-36(11-13-37)24-19-41-20-24)34-29-6-9-33-30(35-29)21-2-5-27(22(16-21)18-32)42-25-7-14-40-15-8-25;1-28-19-5-3-18(4-6-19)26-22-8-11-25-23(27-22)16-2-7-21(17(14-16)15-24)30-20-9-12-29-13-10-20/h1-7,12,19,27-28,42H,8-11,13-18,21-22H2,(H,35,36,37);2-6,9,16-17,24-25H,7-8,10-15,19-20H2,1H3,(H,33,34,35);2-8,11,14,20H,9-10,12-13H2,1H3,(H,25,26,27). The maximum absolute atomic E-state index is 13.3. The Bertz CT molecular complexity index is 5010. The lowest BCUT2D eigenvalue weighted by atomic mass is 10.1. The number of aliphatic hydroxyl groups is 1. The molecule has 8 aliphatic rings. The highest BCUT2D eigenvalue weighted by Gasteiger charge is 2.50. The third-order valence-electron chi connectivity index (χ3n) is 21.9. The number of piperidine rings is 1. The summed E-state index contributed by atoms with van der Waals surface area (Å²) >= 11 is 0. The predicted molar refractivity (Wildman–Crippen MR) is 433 cm³/mol. The van der Waals surface area contributed by atoms with Crippen LogP contribution in [0.5, 0.6) is 28.7 Å². The van der Waals surface area contributed by atoms with Gasteiger partial charge in [-0.2, -0.15) is 15.8 Å². The molecule has 0 radical (unpaired) electrons. The van der Waals surface area contributed by atoms with Crippen LogP contribution in [0.3, 0.4) is 0 Å². The SMILES string of the molecule is COc1cc(Nc2ccnc(-c3ccc(OC4CCOCC4)c(C#N)c3)n2)ccc1C(=O)N1CCN(C2COC2)CC1.COc1ccc(Nc2ccnc(-c3ccc(OC4CCOCC4)c(C#N)c3)n2)cc1.N#Cc1cc(-c2nccc(Nc3ccc(N4CCN(C5COC5)CC4)cc3)n2)ccc1OC1CCN(C(=O)C2(O)CC2)CC1. The number of likely N-dealkylation sites (tertiary alicyclic amines) is 1. The Labute approximate surface area is 673 Å². The van der Waals surface area contributed by atoms with Crippen molar-refractivity contribution in [1.82, 2.24) is 49.5 Å². The van der Waals surface area contributed by atoms with Gasteiger partial charge in [-0.25, -0.2) is 29.9 Å². The van der Waals surface area contributed by atoms with Gasteiger partial charge in [-0.05, 0) is 146 Å². The van der Waals surface area contributed by atoms with Crippen LogP contribution in [0.1, 0.15) is 78.4 Å². The molecule has 6 aromatic carbocycles. The number of hydrogen-bond acceptors (Lipinski definition) is 27. The van der Waals surface area contributed by atoms with Crippen molar-refractivity contribution in [1.29, 1.82) is 15.8 Å². The van der Waals surface area contributed by atoms with Crippen LogP contribution in [0.15, 0.2) is 158 Å². The molecule has 116 heavy (non-hydrogen) atoms. The fraction of sp³-hybridized carbons (Fsp3) is 0.391. The number of nitrogens with zero attached hydrogens (tertiary/aromatic N) is 14. The molecule has 8 fully saturated rings. The van der Waals surface area contributed by atoms with Crippen molar-refractivity contribution in [2.75, 3.05) is 153 Å². The summed E-state index contributed by atoms with van der Waals surface area (Å²) in [6.45, 7) is 14.3. The van der Waals surface area contributed by atoms with Crippen LogP contribution in [0.25, 0.3) is 34.2 Å². The minimum atomic E-state index is -1.14. The monoisotopic (exact) mass is 1570 g/mol. The number of rotatable bonds is 22. The third-order valence-corrected chi connectivity index (χ3v) is 21.9. The lowest BCUT2D eigenvalue weighted by molar-refractivity contribution is -0.144. The lowest BCUT2D eigenvalue weighted by Gasteiger charge is -2.43. The highest BCUT2D eigenvalue weighted by atomic mass is 16.5. The van der Waals surface area contributed by atoms with E-state index in [4.69, 9.17) is 47.6 Å². The van der Waals surface area contributed by atoms with Gasteiger partial charge in [0, 0.05) is 168 Å². The van der Waals surface area contributed by atoms with Crippen molar-refractivity contribution in [3.8, 4) is 81.1 Å². The number of nitriles is 3. The second-order valence-corrected chi connectivity index (χ2v) is 29.6. The summed E-state index contributed by atoms with van der Waals surface area (Å²) in [4.78, 5) is 63.9. The van der Waals surface area contributed by atoms with E-state index in [1.807, 2.05) is 65.6 Å². The Morgan fingerprint density at radius 1 is 0.448 bits per heavy atom. The van der Waals surface area contributed by atoms with Crippen molar-refractivity contribution in [2.24, 2.45) is 0 Å². The number of piperazine rings is 2. The molecule has 2 amide bonds. The Balaban J connectivity index is 0.000000139. The van der Waals surface area contributed by atoms with E-state index in [1.54, 1.807) is 92.3 Å². The predicted octanol–water partition coefficient (Wildman–Crippen LogP) is 11.0. The van der Waals surface area contributed by atoms with Gasteiger partial charge in [0.1, 0.15) is 88.3 Å². The summed E-state index contributed by atoms with van der Waals surface area (Å²) in [6, 6.07) is 50.8. The summed E-state index contributed by atoms with van der Waals surface area (Å²) < 4.78 is 50.5. The summed E-state index contributed by atoms with van der Waals surface area (Å²) in [6.07, 6.45) is 10.7.